The first-order chi connectivity index (χ1) is 8.46. The number of carbonyl (C=O) groups excluding carboxylic acids is 1. The van der Waals surface area contributed by atoms with Gasteiger partial charge in [0.25, 0.3) is 0 Å². The van der Waals surface area contributed by atoms with E-state index in [1.807, 2.05) is 18.2 Å². The van der Waals surface area contributed by atoms with Gasteiger partial charge in [-0.15, -0.1) is 5.54 Å². The van der Waals surface area contributed by atoms with Crippen LogP contribution in [0.5, 0.6) is 5.75 Å². The Balaban J connectivity index is 2.18. The number of fused-ring (bicyclic) bond motifs is 1. The van der Waals surface area contributed by atoms with Crippen LogP contribution in [-0.2, 0) is 0 Å². The molecule has 0 aliphatic carbocycles. The fraction of sp³-hybridized carbons (Fsp3) is 0.357. The SMILES string of the molecule is C[Si](C)(C)C#CSc1ccc2c(c1)C(=O)CCO2. The van der Waals surface area contributed by atoms with E-state index in [-0.39, 0.29) is 5.78 Å². The summed E-state index contributed by atoms with van der Waals surface area (Å²) in [6, 6.07) is 5.71. The first kappa shape index (κ1) is 13.3. The molecule has 0 spiro atoms. The summed E-state index contributed by atoms with van der Waals surface area (Å²) in [5.41, 5.74) is 3.99. The number of thioether (sulfide) groups is 1. The topological polar surface area (TPSA) is 26.3 Å². The standard InChI is InChI=1S/C14H16O2SSi/c1-18(2,3)9-8-17-11-4-5-14-12(10-11)13(15)6-7-16-14/h4-5,10H,6-7H2,1-3H3. The minimum atomic E-state index is -1.33. The van der Waals surface area contributed by atoms with Crippen LogP contribution in [0.1, 0.15) is 16.8 Å². The van der Waals surface area contributed by atoms with Crippen molar-refractivity contribution in [2.75, 3.05) is 6.61 Å². The maximum atomic E-state index is 11.8. The molecule has 0 N–H and O–H groups in total. The molecule has 0 aromatic heterocycles. The molecule has 1 aliphatic heterocycles. The minimum Gasteiger partial charge on any atom is -0.492 e. The molecule has 0 bridgehead atoms. The van der Waals surface area contributed by atoms with Crippen LogP contribution in [0.3, 0.4) is 0 Å². The zero-order valence-electron chi connectivity index (χ0n) is 10.9. The average Bonchev–Trinajstić information content (AvgIpc) is 2.28. The minimum absolute atomic E-state index is 0.164. The molecule has 2 nitrogen and oxygen atoms in total. The molecule has 0 atom stereocenters. The molecule has 2 rings (SSSR count). The zero-order valence-corrected chi connectivity index (χ0v) is 12.7. The smallest absolute Gasteiger partial charge is 0.170 e. The molecule has 0 unspecified atom stereocenters. The normalized spacial score (nSPS) is 14.3. The van der Waals surface area contributed by atoms with Crippen LogP contribution in [-0.4, -0.2) is 20.5 Å². The Hall–Kier alpha value is -1.18. The molecule has 18 heavy (non-hydrogen) atoms. The van der Waals surface area contributed by atoms with Gasteiger partial charge in [0.1, 0.15) is 13.8 Å². The lowest BCUT2D eigenvalue weighted by Gasteiger charge is -2.16. The maximum Gasteiger partial charge on any atom is 0.170 e. The van der Waals surface area contributed by atoms with Gasteiger partial charge in [0.15, 0.2) is 5.78 Å². The number of benzene rings is 1. The highest BCUT2D eigenvalue weighted by Gasteiger charge is 2.18. The van der Waals surface area contributed by atoms with E-state index >= 15 is 0 Å². The molecule has 1 aromatic rings. The molecule has 0 amide bonds. The van der Waals surface area contributed by atoms with E-state index in [1.165, 1.54) is 11.8 Å². The third-order valence-electron chi connectivity index (χ3n) is 2.43. The molecule has 1 aliphatic rings. The summed E-state index contributed by atoms with van der Waals surface area (Å²) >= 11 is 1.49. The van der Waals surface area contributed by atoms with E-state index < -0.39 is 8.07 Å². The molecule has 94 valence electrons. The number of ketones is 1. The van der Waals surface area contributed by atoms with Gasteiger partial charge >= 0.3 is 0 Å². The van der Waals surface area contributed by atoms with Gasteiger partial charge in [-0.05, 0) is 35.2 Å². The Labute approximate surface area is 113 Å². The second kappa shape index (κ2) is 5.21. The van der Waals surface area contributed by atoms with Crippen molar-refractivity contribution in [3.63, 3.8) is 0 Å². The Morgan fingerprint density at radius 3 is 2.83 bits per heavy atom. The van der Waals surface area contributed by atoms with Gasteiger partial charge in [0.2, 0.25) is 0 Å². The van der Waals surface area contributed by atoms with Gasteiger partial charge in [0.05, 0.1) is 12.2 Å². The van der Waals surface area contributed by atoms with Crippen molar-refractivity contribution in [3.05, 3.63) is 23.8 Å². The van der Waals surface area contributed by atoms with Gasteiger partial charge in [-0.2, -0.15) is 0 Å². The van der Waals surface area contributed by atoms with Crippen molar-refractivity contribution in [1.82, 2.24) is 0 Å². The predicted molar refractivity (Wildman–Crippen MR) is 77.9 cm³/mol. The second-order valence-electron chi connectivity index (χ2n) is 5.26. The van der Waals surface area contributed by atoms with Crippen molar-refractivity contribution >= 4 is 25.6 Å². The van der Waals surface area contributed by atoms with Gasteiger partial charge < -0.3 is 4.74 Å². The molecule has 4 heteroatoms. The van der Waals surface area contributed by atoms with Crippen molar-refractivity contribution in [3.8, 4) is 16.5 Å². The maximum absolute atomic E-state index is 11.8. The van der Waals surface area contributed by atoms with Crippen molar-refractivity contribution in [2.24, 2.45) is 0 Å². The summed E-state index contributed by atoms with van der Waals surface area (Å²) in [6.07, 6.45) is 0.474. The second-order valence-corrected chi connectivity index (χ2v) is 10.9. The largest absolute Gasteiger partial charge is 0.492 e. The van der Waals surface area contributed by atoms with Crippen molar-refractivity contribution in [1.29, 1.82) is 0 Å². The highest BCUT2D eigenvalue weighted by molar-refractivity contribution is 8.04. The van der Waals surface area contributed by atoms with E-state index in [1.54, 1.807) is 0 Å². The fourth-order valence-electron chi connectivity index (χ4n) is 1.54. The van der Waals surface area contributed by atoms with Gasteiger partial charge in [-0.1, -0.05) is 19.6 Å². The van der Waals surface area contributed by atoms with Crippen LogP contribution in [0.25, 0.3) is 0 Å². The molecule has 0 radical (unpaired) electrons. The van der Waals surface area contributed by atoms with Crippen molar-refractivity contribution in [2.45, 2.75) is 31.0 Å². The van der Waals surface area contributed by atoms with E-state index in [0.29, 0.717) is 24.3 Å². The van der Waals surface area contributed by atoms with Crippen LogP contribution in [0, 0.1) is 10.8 Å². The molecular formula is C14H16O2SSi. The number of ether oxygens (including phenoxy) is 1. The van der Waals surface area contributed by atoms with Crippen molar-refractivity contribution < 1.29 is 9.53 Å². The highest BCUT2D eigenvalue weighted by atomic mass is 32.2. The zero-order chi connectivity index (χ0) is 13.2. The van der Waals surface area contributed by atoms with Crippen LogP contribution >= 0.6 is 11.8 Å². The predicted octanol–water partition coefficient (Wildman–Crippen LogP) is 3.58. The number of carbonyl (C=O) groups is 1. The number of Topliss-reactive ketones (excluding diaryl/α,β-unsaturated/α-hetero) is 1. The number of hydrogen-bond acceptors (Lipinski definition) is 3. The first-order valence-corrected chi connectivity index (χ1v) is 10.3. The van der Waals surface area contributed by atoms with Gasteiger partial charge in [-0.25, -0.2) is 0 Å². The molecule has 0 saturated carbocycles. The third-order valence-corrected chi connectivity index (χ3v) is 4.18. The monoisotopic (exact) mass is 276 g/mol. The van der Waals surface area contributed by atoms with E-state index in [9.17, 15) is 4.79 Å². The van der Waals surface area contributed by atoms with Crippen LogP contribution < -0.4 is 4.74 Å². The van der Waals surface area contributed by atoms with E-state index in [0.717, 1.165) is 4.90 Å². The van der Waals surface area contributed by atoms with Crippen LogP contribution in [0.15, 0.2) is 23.1 Å². The summed E-state index contributed by atoms with van der Waals surface area (Å²) in [5.74, 6) is 0.866. The molecule has 0 fully saturated rings. The Morgan fingerprint density at radius 1 is 1.33 bits per heavy atom. The summed E-state index contributed by atoms with van der Waals surface area (Å²) in [4.78, 5) is 12.8. The van der Waals surface area contributed by atoms with Gasteiger partial charge in [-0.3, -0.25) is 4.79 Å². The number of rotatable bonds is 1. The molecule has 1 aromatic carbocycles. The molecule has 1 heterocycles. The summed E-state index contributed by atoms with van der Waals surface area (Å²) < 4.78 is 5.45. The Kier molecular flexibility index (Phi) is 3.84. The number of hydrogen-bond donors (Lipinski definition) is 0. The lowest BCUT2D eigenvalue weighted by molar-refractivity contribution is 0.0933. The quantitative estimate of drug-likeness (QED) is 0.445. The summed E-state index contributed by atoms with van der Waals surface area (Å²) in [7, 11) is -1.33. The lowest BCUT2D eigenvalue weighted by atomic mass is 10.1. The fourth-order valence-corrected chi connectivity index (χ4v) is 3.40. The Bertz CT molecular complexity index is 535. The highest BCUT2D eigenvalue weighted by Crippen LogP contribution is 2.29. The molecule has 0 saturated heterocycles. The summed E-state index contributed by atoms with van der Waals surface area (Å²) in [6.45, 7) is 7.13. The third kappa shape index (κ3) is 3.41. The van der Waals surface area contributed by atoms with Gasteiger partial charge in [0, 0.05) is 11.3 Å². The molecular weight excluding hydrogens is 260 g/mol. The summed E-state index contributed by atoms with van der Waals surface area (Å²) in [5, 5.41) is 3.14. The van der Waals surface area contributed by atoms with Crippen LogP contribution in [0.2, 0.25) is 19.6 Å². The lowest BCUT2D eigenvalue weighted by Crippen LogP contribution is -2.16. The Morgan fingerprint density at radius 2 is 2.11 bits per heavy atom. The average molecular weight is 276 g/mol. The van der Waals surface area contributed by atoms with E-state index in [2.05, 4.69) is 30.4 Å². The van der Waals surface area contributed by atoms with Crippen LogP contribution in [0.4, 0.5) is 0 Å². The first-order valence-electron chi connectivity index (χ1n) is 5.95. The van der Waals surface area contributed by atoms with E-state index in [4.69, 9.17) is 4.74 Å².